The number of ketones is 2. The molecule has 4 aromatic rings. The first kappa shape index (κ1) is 28.6. The monoisotopic (exact) mass is 573 g/mol. The zero-order valence-electron chi connectivity index (χ0n) is 21.6. The summed E-state index contributed by atoms with van der Waals surface area (Å²) in [5.41, 5.74) is 2.10. The summed E-state index contributed by atoms with van der Waals surface area (Å²) in [5.74, 6) is -2.53. The number of para-hydroxylation sites is 1. The van der Waals surface area contributed by atoms with E-state index in [4.69, 9.17) is 11.6 Å². The molecule has 0 saturated carbocycles. The fourth-order valence-electron chi connectivity index (χ4n) is 4.05. The van der Waals surface area contributed by atoms with Crippen LogP contribution >= 0.6 is 11.6 Å². The fourth-order valence-corrected chi connectivity index (χ4v) is 4.26. The first-order valence-electron chi connectivity index (χ1n) is 12.0. The van der Waals surface area contributed by atoms with Gasteiger partial charge in [-0.15, -0.1) is 10.2 Å². The van der Waals surface area contributed by atoms with E-state index in [0.29, 0.717) is 33.7 Å². The molecular weight excluding hydrogens is 551 g/mol. The minimum Gasteiger partial charge on any atom is -0.352 e. The molecule has 0 fully saturated rings. The van der Waals surface area contributed by atoms with Crippen LogP contribution in [0.2, 0.25) is 5.02 Å². The maximum Gasteiger partial charge on any atom is 0.455 e. The number of nitrogens with zero attached hydrogens (tertiary/aromatic N) is 6. The summed E-state index contributed by atoms with van der Waals surface area (Å²) < 4.78 is 40.0. The van der Waals surface area contributed by atoms with Crippen LogP contribution in [-0.4, -0.2) is 54.0 Å². The Bertz CT molecular complexity index is 1610. The molecule has 0 aliphatic carbocycles. The number of aryl methyl sites for hydroxylation is 1. The number of hydrogen-bond donors (Lipinski definition) is 1. The van der Waals surface area contributed by atoms with Crippen LogP contribution in [0.3, 0.4) is 0 Å². The number of nitrogens with one attached hydrogen (secondary N) is 1. The summed E-state index contributed by atoms with van der Waals surface area (Å²) in [6, 6.07) is 11.1. The lowest BCUT2D eigenvalue weighted by molar-refractivity contribution is -0.145. The van der Waals surface area contributed by atoms with Crippen LogP contribution in [0.4, 0.5) is 13.2 Å². The minimum absolute atomic E-state index is 0.0659. The van der Waals surface area contributed by atoms with Gasteiger partial charge in [0.05, 0.1) is 16.4 Å². The molecule has 0 bridgehead atoms. The third-order valence-electron chi connectivity index (χ3n) is 5.93. The van der Waals surface area contributed by atoms with E-state index in [0.717, 1.165) is 0 Å². The van der Waals surface area contributed by atoms with Crippen LogP contribution < -0.4 is 5.32 Å². The highest BCUT2D eigenvalue weighted by Gasteiger charge is 2.37. The van der Waals surface area contributed by atoms with Gasteiger partial charge in [0.1, 0.15) is 12.2 Å². The number of Topliss-reactive ketones (excluding diaryl/α,β-unsaturated/α-hetero) is 2. The summed E-state index contributed by atoms with van der Waals surface area (Å²) in [6.07, 6.45) is -5.00. The number of carbonyl (C=O) groups excluding carboxylic acids is 3. The zero-order chi connectivity index (χ0) is 29.2. The minimum atomic E-state index is -4.77. The van der Waals surface area contributed by atoms with Crippen LogP contribution in [0, 0.1) is 6.92 Å². The number of benzene rings is 2. The Kier molecular flexibility index (Phi) is 8.14. The smallest absolute Gasteiger partial charge is 0.352 e. The van der Waals surface area contributed by atoms with Gasteiger partial charge in [0.15, 0.2) is 11.6 Å². The normalized spacial score (nSPS) is 11.5. The number of alkyl halides is 3. The average molecular weight is 574 g/mol. The summed E-state index contributed by atoms with van der Waals surface area (Å²) in [5, 5.41) is 17.1. The van der Waals surface area contributed by atoms with Crippen molar-refractivity contribution in [2.24, 2.45) is 0 Å². The van der Waals surface area contributed by atoms with Crippen LogP contribution in [0.1, 0.15) is 67.7 Å². The Morgan fingerprint density at radius 1 is 1.07 bits per heavy atom. The highest BCUT2D eigenvalue weighted by molar-refractivity contribution is 6.32. The molecule has 10 nitrogen and oxygen atoms in total. The van der Waals surface area contributed by atoms with Crippen molar-refractivity contribution < 1.29 is 27.6 Å². The van der Waals surface area contributed by atoms with Crippen molar-refractivity contribution in [3.8, 4) is 5.69 Å². The van der Waals surface area contributed by atoms with E-state index >= 15 is 0 Å². The van der Waals surface area contributed by atoms with Crippen LogP contribution in [0.25, 0.3) is 5.69 Å². The molecule has 2 aromatic carbocycles. The summed E-state index contributed by atoms with van der Waals surface area (Å²) in [7, 11) is 0. The number of halogens is 4. The molecule has 0 unspecified atom stereocenters. The Hall–Kier alpha value is -4.39. The van der Waals surface area contributed by atoms with E-state index in [1.807, 2.05) is 0 Å². The van der Waals surface area contributed by atoms with E-state index in [-0.39, 0.29) is 40.7 Å². The van der Waals surface area contributed by atoms with Gasteiger partial charge in [0.25, 0.3) is 11.7 Å². The van der Waals surface area contributed by atoms with Gasteiger partial charge >= 0.3 is 6.18 Å². The number of amides is 1. The first-order valence-corrected chi connectivity index (χ1v) is 12.4. The molecule has 1 N–H and O–H groups in total. The number of carbonyl (C=O) groups is 3. The van der Waals surface area contributed by atoms with Crippen molar-refractivity contribution >= 4 is 29.1 Å². The molecule has 4 rings (SSSR count). The predicted molar refractivity (Wildman–Crippen MR) is 138 cm³/mol. The van der Waals surface area contributed by atoms with Gasteiger partial charge in [-0.3, -0.25) is 14.4 Å². The summed E-state index contributed by atoms with van der Waals surface area (Å²) in [4.78, 5) is 39.3. The van der Waals surface area contributed by atoms with Crippen molar-refractivity contribution in [3.05, 3.63) is 87.0 Å². The lowest BCUT2D eigenvalue weighted by Crippen LogP contribution is -2.25. The molecule has 0 aliphatic rings. The quantitative estimate of drug-likeness (QED) is 0.297. The molecule has 0 spiro atoms. The van der Waals surface area contributed by atoms with Crippen LogP contribution in [0.5, 0.6) is 0 Å². The van der Waals surface area contributed by atoms with Crippen molar-refractivity contribution in [2.75, 3.05) is 6.54 Å². The molecule has 14 heteroatoms. The van der Waals surface area contributed by atoms with E-state index < -0.39 is 23.7 Å². The van der Waals surface area contributed by atoms with Gasteiger partial charge in [-0.25, -0.2) is 4.68 Å². The van der Waals surface area contributed by atoms with E-state index in [9.17, 15) is 27.6 Å². The maximum absolute atomic E-state index is 13.7. The molecule has 2 aromatic heterocycles. The Morgan fingerprint density at radius 3 is 2.42 bits per heavy atom. The molecule has 0 aliphatic heterocycles. The van der Waals surface area contributed by atoms with Gasteiger partial charge in [-0.2, -0.15) is 23.1 Å². The molecule has 1 amide bonds. The van der Waals surface area contributed by atoms with Crippen molar-refractivity contribution in [1.82, 2.24) is 35.3 Å². The van der Waals surface area contributed by atoms with Gasteiger partial charge in [-0.1, -0.05) is 23.7 Å². The molecule has 208 valence electrons. The van der Waals surface area contributed by atoms with Gasteiger partial charge < -0.3 is 5.32 Å². The number of rotatable bonds is 9. The SMILES string of the molecule is CCNC(=O)c1cc(C(C)=O)cc(C)c1CC(=O)c1cc(Cn2nnc(C(F)(F)F)n2)nn1-c1ccccc1Cl. The standard InChI is InChI=1S/C26H23ClF3N7O3/c1-4-31-24(40)19-10-16(15(3)38)9-14(2)18(19)12-23(39)22-11-17(13-36-34-25(32-35-36)26(28,29)30)33-37(22)21-8-6-5-7-20(21)27/h5-11H,4,12-13H2,1-3H3,(H,31,40). The summed E-state index contributed by atoms with van der Waals surface area (Å²) in [6.45, 7) is 4.85. The average Bonchev–Trinajstić information content (AvgIpc) is 3.53. The second kappa shape index (κ2) is 11.4. The maximum atomic E-state index is 13.7. The Morgan fingerprint density at radius 2 is 1.80 bits per heavy atom. The topological polar surface area (TPSA) is 125 Å². The third-order valence-corrected chi connectivity index (χ3v) is 6.25. The fraction of sp³-hybridized carbons (Fsp3) is 0.269. The second-order valence-corrected chi connectivity index (χ2v) is 9.27. The lowest BCUT2D eigenvalue weighted by Gasteiger charge is -2.14. The third kappa shape index (κ3) is 6.09. The van der Waals surface area contributed by atoms with Crippen molar-refractivity contribution in [2.45, 2.75) is 39.9 Å². The highest BCUT2D eigenvalue weighted by atomic mass is 35.5. The van der Waals surface area contributed by atoms with Gasteiger partial charge in [0.2, 0.25) is 0 Å². The number of tetrazole rings is 1. The van der Waals surface area contributed by atoms with E-state index in [2.05, 4.69) is 25.8 Å². The van der Waals surface area contributed by atoms with E-state index in [1.165, 1.54) is 23.7 Å². The molecule has 0 radical (unpaired) electrons. The lowest BCUT2D eigenvalue weighted by atomic mass is 9.92. The van der Waals surface area contributed by atoms with Crippen molar-refractivity contribution in [3.63, 3.8) is 0 Å². The molecule has 0 saturated heterocycles. The van der Waals surface area contributed by atoms with E-state index in [1.54, 1.807) is 44.2 Å². The van der Waals surface area contributed by atoms with Crippen LogP contribution in [-0.2, 0) is 19.1 Å². The van der Waals surface area contributed by atoms with Crippen molar-refractivity contribution in [1.29, 1.82) is 0 Å². The number of aromatic nitrogens is 6. The predicted octanol–water partition coefficient (Wildman–Crippen LogP) is 4.27. The molecule has 0 atom stereocenters. The van der Waals surface area contributed by atoms with Crippen LogP contribution in [0.15, 0.2) is 42.5 Å². The Labute approximate surface area is 231 Å². The largest absolute Gasteiger partial charge is 0.455 e. The van der Waals surface area contributed by atoms with Gasteiger partial charge in [-0.05, 0) is 67.4 Å². The molecule has 40 heavy (non-hydrogen) atoms. The zero-order valence-corrected chi connectivity index (χ0v) is 22.3. The van der Waals surface area contributed by atoms with Gasteiger partial charge in [0, 0.05) is 24.1 Å². The second-order valence-electron chi connectivity index (χ2n) is 8.86. The Balaban J connectivity index is 1.76. The summed E-state index contributed by atoms with van der Waals surface area (Å²) >= 11 is 6.37. The number of hydrogen-bond acceptors (Lipinski definition) is 7. The first-order chi connectivity index (χ1) is 18.9. The highest BCUT2D eigenvalue weighted by Crippen LogP contribution is 2.26. The molecular formula is C26H23ClF3N7O3. The molecule has 2 heterocycles.